The van der Waals surface area contributed by atoms with Gasteiger partial charge in [-0.3, -0.25) is 4.79 Å². The SMILES string of the molecule is CC(C)Oc1cccc(C(=O)C2CCCC2N)c1. The highest BCUT2D eigenvalue weighted by Crippen LogP contribution is 2.28. The van der Waals surface area contributed by atoms with Gasteiger partial charge < -0.3 is 10.5 Å². The van der Waals surface area contributed by atoms with Gasteiger partial charge in [-0.15, -0.1) is 0 Å². The van der Waals surface area contributed by atoms with Gasteiger partial charge >= 0.3 is 0 Å². The predicted octanol–water partition coefficient (Wildman–Crippen LogP) is 2.78. The maximum Gasteiger partial charge on any atom is 0.167 e. The molecule has 2 N–H and O–H groups in total. The lowest BCUT2D eigenvalue weighted by Gasteiger charge is -2.15. The van der Waals surface area contributed by atoms with Crippen molar-refractivity contribution in [3.05, 3.63) is 29.8 Å². The largest absolute Gasteiger partial charge is 0.491 e. The average Bonchev–Trinajstić information content (AvgIpc) is 2.74. The Morgan fingerprint density at radius 1 is 1.39 bits per heavy atom. The van der Waals surface area contributed by atoms with E-state index in [0.29, 0.717) is 0 Å². The van der Waals surface area contributed by atoms with E-state index >= 15 is 0 Å². The van der Waals surface area contributed by atoms with Crippen molar-refractivity contribution in [3.63, 3.8) is 0 Å². The summed E-state index contributed by atoms with van der Waals surface area (Å²) in [5, 5.41) is 0. The van der Waals surface area contributed by atoms with Gasteiger partial charge in [-0.1, -0.05) is 18.6 Å². The summed E-state index contributed by atoms with van der Waals surface area (Å²) in [5.41, 5.74) is 6.70. The highest BCUT2D eigenvalue weighted by atomic mass is 16.5. The standard InChI is InChI=1S/C15H21NO2/c1-10(2)18-12-6-3-5-11(9-12)15(17)13-7-4-8-14(13)16/h3,5-6,9-10,13-14H,4,7-8,16H2,1-2H3. The monoisotopic (exact) mass is 247 g/mol. The fourth-order valence-corrected chi connectivity index (χ4v) is 2.52. The van der Waals surface area contributed by atoms with Gasteiger partial charge in [-0.05, 0) is 38.8 Å². The molecule has 0 bridgehead atoms. The Hall–Kier alpha value is -1.35. The normalized spacial score (nSPS) is 23.3. The van der Waals surface area contributed by atoms with Crippen LogP contribution in [0.4, 0.5) is 0 Å². The zero-order valence-electron chi connectivity index (χ0n) is 11.1. The lowest BCUT2D eigenvalue weighted by atomic mass is 9.93. The molecule has 2 atom stereocenters. The van der Waals surface area contributed by atoms with Gasteiger partial charge in [0.2, 0.25) is 0 Å². The third kappa shape index (κ3) is 2.91. The van der Waals surface area contributed by atoms with Crippen LogP contribution in [-0.2, 0) is 0 Å². The summed E-state index contributed by atoms with van der Waals surface area (Å²) in [6, 6.07) is 7.44. The van der Waals surface area contributed by atoms with Crippen molar-refractivity contribution in [3.8, 4) is 5.75 Å². The molecule has 0 saturated heterocycles. The maximum absolute atomic E-state index is 12.4. The first kappa shape index (κ1) is 13.1. The van der Waals surface area contributed by atoms with Crippen LogP contribution in [0.1, 0.15) is 43.5 Å². The van der Waals surface area contributed by atoms with E-state index in [1.807, 2.05) is 38.1 Å². The number of hydrogen-bond acceptors (Lipinski definition) is 3. The summed E-state index contributed by atoms with van der Waals surface area (Å²) in [5.74, 6) is 0.899. The molecule has 1 aliphatic carbocycles. The molecule has 1 aliphatic rings. The quantitative estimate of drug-likeness (QED) is 0.832. The van der Waals surface area contributed by atoms with E-state index in [9.17, 15) is 4.79 Å². The van der Waals surface area contributed by atoms with E-state index in [1.165, 1.54) is 0 Å². The van der Waals surface area contributed by atoms with Crippen molar-refractivity contribution in [2.75, 3.05) is 0 Å². The molecule has 2 unspecified atom stereocenters. The van der Waals surface area contributed by atoms with E-state index < -0.39 is 0 Å². The molecule has 98 valence electrons. The first-order valence-electron chi connectivity index (χ1n) is 6.64. The Morgan fingerprint density at radius 2 is 2.17 bits per heavy atom. The van der Waals surface area contributed by atoms with Crippen LogP contribution < -0.4 is 10.5 Å². The number of nitrogens with two attached hydrogens (primary N) is 1. The average molecular weight is 247 g/mol. The third-order valence-electron chi connectivity index (χ3n) is 3.40. The molecule has 3 nitrogen and oxygen atoms in total. The third-order valence-corrected chi connectivity index (χ3v) is 3.40. The molecule has 0 heterocycles. The van der Waals surface area contributed by atoms with Gasteiger partial charge in [0.05, 0.1) is 6.10 Å². The van der Waals surface area contributed by atoms with Crippen LogP contribution in [0.15, 0.2) is 24.3 Å². The molecule has 3 heteroatoms. The zero-order valence-corrected chi connectivity index (χ0v) is 11.1. The number of ether oxygens (including phenoxy) is 1. The second kappa shape index (κ2) is 5.53. The molecular weight excluding hydrogens is 226 g/mol. The van der Waals surface area contributed by atoms with Crippen LogP contribution in [0.5, 0.6) is 5.75 Å². The second-order valence-electron chi connectivity index (χ2n) is 5.26. The Labute approximate surface area is 108 Å². The fourth-order valence-electron chi connectivity index (χ4n) is 2.52. The van der Waals surface area contributed by atoms with Gasteiger partial charge in [0.25, 0.3) is 0 Å². The minimum Gasteiger partial charge on any atom is -0.491 e. The first-order valence-corrected chi connectivity index (χ1v) is 6.64. The number of rotatable bonds is 4. The number of carbonyl (C=O) groups is 1. The van der Waals surface area contributed by atoms with Crippen molar-refractivity contribution in [2.45, 2.75) is 45.3 Å². The summed E-state index contributed by atoms with van der Waals surface area (Å²) >= 11 is 0. The Balaban J connectivity index is 2.15. The highest BCUT2D eigenvalue weighted by molar-refractivity contribution is 5.98. The Bertz CT molecular complexity index is 428. The van der Waals surface area contributed by atoms with Crippen molar-refractivity contribution < 1.29 is 9.53 Å². The molecule has 2 rings (SSSR count). The summed E-state index contributed by atoms with van der Waals surface area (Å²) in [6.07, 6.45) is 3.04. The lowest BCUT2D eigenvalue weighted by Crippen LogP contribution is -2.30. The van der Waals surface area contributed by atoms with Crippen molar-refractivity contribution in [1.29, 1.82) is 0 Å². The van der Waals surface area contributed by atoms with Gasteiger partial charge in [-0.2, -0.15) is 0 Å². The van der Waals surface area contributed by atoms with Crippen molar-refractivity contribution in [2.24, 2.45) is 11.7 Å². The van der Waals surface area contributed by atoms with Crippen LogP contribution in [-0.4, -0.2) is 17.9 Å². The van der Waals surface area contributed by atoms with Crippen molar-refractivity contribution >= 4 is 5.78 Å². The smallest absolute Gasteiger partial charge is 0.167 e. The molecule has 0 amide bonds. The number of Topliss-reactive ketones (excluding diaryl/α,β-unsaturated/α-hetero) is 1. The van der Waals surface area contributed by atoms with E-state index in [1.54, 1.807) is 0 Å². The molecule has 18 heavy (non-hydrogen) atoms. The van der Waals surface area contributed by atoms with Gasteiger partial charge in [0.1, 0.15) is 5.75 Å². The second-order valence-corrected chi connectivity index (χ2v) is 5.26. The van der Waals surface area contributed by atoms with Gasteiger partial charge in [-0.25, -0.2) is 0 Å². The number of benzene rings is 1. The molecule has 1 aromatic carbocycles. The molecule has 1 fully saturated rings. The predicted molar refractivity (Wildman–Crippen MR) is 71.9 cm³/mol. The molecule has 0 aliphatic heterocycles. The number of hydrogen-bond donors (Lipinski definition) is 1. The molecule has 0 radical (unpaired) electrons. The maximum atomic E-state index is 12.4. The van der Waals surface area contributed by atoms with Crippen LogP contribution >= 0.6 is 0 Å². The minimum atomic E-state index is -0.0145. The summed E-state index contributed by atoms with van der Waals surface area (Å²) in [7, 11) is 0. The first-order chi connectivity index (χ1) is 8.58. The molecular formula is C15H21NO2. The minimum absolute atomic E-state index is 0.0145. The van der Waals surface area contributed by atoms with Crippen LogP contribution in [0.2, 0.25) is 0 Å². The summed E-state index contributed by atoms with van der Waals surface area (Å²) in [4.78, 5) is 12.4. The zero-order chi connectivity index (χ0) is 13.1. The van der Waals surface area contributed by atoms with E-state index in [0.717, 1.165) is 30.6 Å². The van der Waals surface area contributed by atoms with Crippen LogP contribution in [0.3, 0.4) is 0 Å². The molecule has 1 aromatic rings. The Kier molecular flexibility index (Phi) is 4.02. The molecule has 0 spiro atoms. The fraction of sp³-hybridized carbons (Fsp3) is 0.533. The van der Waals surface area contributed by atoms with Crippen molar-refractivity contribution in [1.82, 2.24) is 0 Å². The number of ketones is 1. The van der Waals surface area contributed by atoms with Crippen LogP contribution in [0.25, 0.3) is 0 Å². The van der Waals surface area contributed by atoms with E-state index in [2.05, 4.69) is 0 Å². The number of carbonyl (C=O) groups excluding carboxylic acids is 1. The van der Waals surface area contributed by atoms with E-state index in [4.69, 9.17) is 10.5 Å². The molecule has 0 aromatic heterocycles. The summed E-state index contributed by atoms with van der Waals surface area (Å²) in [6.45, 7) is 3.95. The lowest BCUT2D eigenvalue weighted by molar-refractivity contribution is 0.0912. The Morgan fingerprint density at radius 3 is 2.78 bits per heavy atom. The van der Waals surface area contributed by atoms with Gasteiger partial charge in [0, 0.05) is 17.5 Å². The molecule has 1 saturated carbocycles. The highest BCUT2D eigenvalue weighted by Gasteiger charge is 2.30. The topological polar surface area (TPSA) is 52.3 Å². The van der Waals surface area contributed by atoms with Gasteiger partial charge in [0.15, 0.2) is 5.78 Å². The van der Waals surface area contributed by atoms with Crippen LogP contribution in [0, 0.1) is 5.92 Å². The summed E-state index contributed by atoms with van der Waals surface area (Å²) < 4.78 is 5.61. The van der Waals surface area contributed by atoms with E-state index in [-0.39, 0.29) is 23.8 Å².